The highest BCUT2D eigenvalue weighted by atomic mass is 16.6. The number of amides is 1. The molecule has 19 heavy (non-hydrogen) atoms. The van der Waals surface area contributed by atoms with E-state index in [1.54, 1.807) is 0 Å². The fraction of sp³-hybridized carbons (Fsp3) is 0.417. The van der Waals surface area contributed by atoms with Gasteiger partial charge in [-0.3, -0.25) is 14.9 Å². The average molecular weight is 267 g/mol. The van der Waals surface area contributed by atoms with Gasteiger partial charge in [0.15, 0.2) is 0 Å². The molecule has 0 fully saturated rings. The maximum absolute atomic E-state index is 11.2. The van der Waals surface area contributed by atoms with Crippen molar-refractivity contribution in [1.82, 2.24) is 5.32 Å². The van der Waals surface area contributed by atoms with Crippen molar-refractivity contribution in [3.63, 3.8) is 0 Å². The molecule has 0 atom stereocenters. The molecular formula is C12H17N3O4. The largest absolute Gasteiger partial charge is 0.491 e. The third kappa shape index (κ3) is 4.55. The molecule has 0 unspecified atom stereocenters. The fourth-order valence-corrected chi connectivity index (χ4v) is 1.46. The molecule has 0 saturated carbocycles. The highest BCUT2D eigenvalue weighted by molar-refractivity contribution is 5.96. The zero-order valence-corrected chi connectivity index (χ0v) is 10.9. The number of nitrogens with zero attached hydrogens (tertiary/aromatic N) is 1. The third-order valence-corrected chi connectivity index (χ3v) is 2.35. The lowest BCUT2D eigenvalue weighted by atomic mass is 10.1. The number of nitro groups is 1. The number of carbonyl (C=O) groups is 1. The van der Waals surface area contributed by atoms with Crippen molar-refractivity contribution >= 4 is 11.6 Å². The predicted octanol–water partition coefficient (Wildman–Crippen LogP) is 1.07. The van der Waals surface area contributed by atoms with Crippen LogP contribution in [-0.4, -0.2) is 30.0 Å². The van der Waals surface area contributed by atoms with E-state index in [0.717, 1.165) is 6.07 Å². The van der Waals surface area contributed by atoms with E-state index in [-0.39, 0.29) is 17.0 Å². The Bertz CT molecular complexity index is 474. The molecule has 0 aliphatic rings. The quantitative estimate of drug-likeness (QED) is 0.436. The number of nitrogens with one attached hydrogen (secondary N) is 1. The summed E-state index contributed by atoms with van der Waals surface area (Å²) in [6, 6.07) is 4.11. The highest BCUT2D eigenvalue weighted by Crippen LogP contribution is 2.23. The summed E-state index contributed by atoms with van der Waals surface area (Å²) in [5.74, 6) is -0.501. The Morgan fingerprint density at radius 2 is 2.21 bits per heavy atom. The Labute approximate surface area is 110 Å². The van der Waals surface area contributed by atoms with Crippen molar-refractivity contribution < 1.29 is 14.5 Å². The number of benzene rings is 1. The van der Waals surface area contributed by atoms with Crippen molar-refractivity contribution in [2.45, 2.75) is 19.9 Å². The van der Waals surface area contributed by atoms with Crippen LogP contribution < -0.4 is 15.8 Å². The molecule has 0 aromatic heterocycles. The SMILES string of the molecule is CC(C)NCCOc1ccc([N+](=O)[O-])cc1C(N)=O. The smallest absolute Gasteiger partial charge is 0.270 e. The van der Waals surface area contributed by atoms with E-state index in [1.807, 2.05) is 13.8 Å². The molecule has 1 aromatic carbocycles. The van der Waals surface area contributed by atoms with Gasteiger partial charge in [0.1, 0.15) is 12.4 Å². The Hall–Kier alpha value is -2.15. The minimum atomic E-state index is -0.754. The standard InChI is InChI=1S/C12H17N3O4/c1-8(2)14-5-6-19-11-4-3-9(15(17)18)7-10(11)12(13)16/h3-4,7-8,14H,5-6H2,1-2H3,(H2,13,16). The number of carbonyl (C=O) groups excluding carboxylic acids is 1. The summed E-state index contributed by atoms with van der Waals surface area (Å²) in [5.41, 5.74) is 5.00. The summed E-state index contributed by atoms with van der Waals surface area (Å²) in [6.07, 6.45) is 0. The van der Waals surface area contributed by atoms with Gasteiger partial charge in [0.2, 0.25) is 0 Å². The number of nitrogens with two attached hydrogens (primary N) is 1. The van der Waals surface area contributed by atoms with Crippen molar-refractivity contribution in [2.75, 3.05) is 13.2 Å². The molecule has 7 heteroatoms. The number of non-ortho nitro benzene ring substituents is 1. The van der Waals surface area contributed by atoms with E-state index in [9.17, 15) is 14.9 Å². The lowest BCUT2D eigenvalue weighted by molar-refractivity contribution is -0.384. The van der Waals surface area contributed by atoms with Crippen LogP contribution in [0.3, 0.4) is 0 Å². The minimum absolute atomic E-state index is 0.0127. The number of ether oxygens (including phenoxy) is 1. The van der Waals surface area contributed by atoms with Crippen LogP contribution >= 0.6 is 0 Å². The fourth-order valence-electron chi connectivity index (χ4n) is 1.46. The van der Waals surface area contributed by atoms with Crippen molar-refractivity contribution in [3.8, 4) is 5.75 Å². The van der Waals surface area contributed by atoms with Gasteiger partial charge in [-0.15, -0.1) is 0 Å². The molecule has 0 bridgehead atoms. The topological polar surface area (TPSA) is 107 Å². The predicted molar refractivity (Wildman–Crippen MR) is 70.2 cm³/mol. The molecule has 1 aromatic rings. The van der Waals surface area contributed by atoms with Gasteiger partial charge in [-0.05, 0) is 6.07 Å². The van der Waals surface area contributed by atoms with Crippen LogP contribution in [0.25, 0.3) is 0 Å². The number of hydrogen-bond donors (Lipinski definition) is 2. The maximum Gasteiger partial charge on any atom is 0.270 e. The molecule has 0 aliphatic heterocycles. The summed E-state index contributed by atoms with van der Waals surface area (Å²) in [4.78, 5) is 21.3. The van der Waals surface area contributed by atoms with Gasteiger partial charge in [0.25, 0.3) is 11.6 Å². The number of hydrogen-bond acceptors (Lipinski definition) is 5. The van der Waals surface area contributed by atoms with E-state index in [0.29, 0.717) is 19.2 Å². The van der Waals surface area contributed by atoms with Crippen molar-refractivity contribution in [1.29, 1.82) is 0 Å². The molecule has 104 valence electrons. The van der Waals surface area contributed by atoms with E-state index >= 15 is 0 Å². The van der Waals surface area contributed by atoms with E-state index < -0.39 is 10.8 Å². The van der Waals surface area contributed by atoms with Crippen LogP contribution in [0.1, 0.15) is 24.2 Å². The van der Waals surface area contributed by atoms with Gasteiger partial charge >= 0.3 is 0 Å². The van der Waals surface area contributed by atoms with Gasteiger partial charge in [-0.2, -0.15) is 0 Å². The van der Waals surface area contributed by atoms with Crippen molar-refractivity contribution in [3.05, 3.63) is 33.9 Å². The normalized spacial score (nSPS) is 10.5. The second-order valence-corrected chi connectivity index (χ2v) is 4.26. The van der Waals surface area contributed by atoms with Gasteiger partial charge in [0, 0.05) is 24.7 Å². The van der Waals surface area contributed by atoms with Crippen molar-refractivity contribution in [2.24, 2.45) is 5.73 Å². The zero-order chi connectivity index (χ0) is 14.4. The summed E-state index contributed by atoms with van der Waals surface area (Å²) < 4.78 is 5.40. The first-order valence-electron chi connectivity index (χ1n) is 5.86. The van der Waals surface area contributed by atoms with E-state index in [2.05, 4.69) is 5.32 Å². The second kappa shape index (κ2) is 6.69. The van der Waals surface area contributed by atoms with Crippen LogP contribution in [0.15, 0.2) is 18.2 Å². The summed E-state index contributed by atoms with van der Waals surface area (Å²) in [7, 11) is 0. The van der Waals surface area contributed by atoms with Crippen LogP contribution in [0.2, 0.25) is 0 Å². The summed E-state index contributed by atoms with van der Waals surface area (Å²) >= 11 is 0. The number of primary amides is 1. The van der Waals surface area contributed by atoms with Crippen LogP contribution in [-0.2, 0) is 0 Å². The lowest BCUT2D eigenvalue weighted by Gasteiger charge is -2.11. The first-order chi connectivity index (χ1) is 8.91. The highest BCUT2D eigenvalue weighted by Gasteiger charge is 2.15. The monoisotopic (exact) mass is 267 g/mol. The summed E-state index contributed by atoms with van der Waals surface area (Å²) in [6.45, 7) is 4.95. The number of nitro benzene ring substituents is 1. The molecule has 3 N–H and O–H groups in total. The Balaban J connectivity index is 2.77. The maximum atomic E-state index is 11.2. The third-order valence-electron chi connectivity index (χ3n) is 2.35. The molecule has 1 amide bonds. The van der Waals surface area contributed by atoms with Gasteiger partial charge in [-0.25, -0.2) is 0 Å². The molecule has 0 radical (unpaired) electrons. The lowest BCUT2D eigenvalue weighted by Crippen LogP contribution is -2.28. The van der Waals surface area contributed by atoms with Gasteiger partial charge < -0.3 is 15.8 Å². The zero-order valence-electron chi connectivity index (χ0n) is 10.9. The molecule has 0 heterocycles. The first-order valence-corrected chi connectivity index (χ1v) is 5.86. The molecular weight excluding hydrogens is 250 g/mol. The molecule has 0 spiro atoms. The molecule has 1 rings (SSSR count). The first kappa shape index (κ1) is 14.9. The summed E-state index contributed by atoms with van der Waals surface area (Å²) in [5, 5.41) is 13.8. The molecule has 7 nitrogen and oxygen atoms in total. The Kier molecular flexibility index (Phi) is 5.25. The van der Waals surface area contributed by atoms with Crippen LogP contribution in [0, 0.1) is 10.1 Å². The number of rotatable bonds is 7. The second-order valence-electron chi connectivity index (χ2n) is 4.26. The van der Waals surface area contributed by atoms with E-state index in [1.165, 1.54) is 12.1 Å². The van der Waals surface area contributed by atoms with Gasteiger partial charge in [-0.1, -0.05) is 13.8 Å². The molecule has 0 aliphatic carbocycles. The minimum Gasteiger partial charge on any atom is -0.491 e. The average Bonchev–Trinajstić information content (AvgIpc) is 2.34. The Morgan fingerprint density at radius 1 is 1.53 bits per heavy atom. The Morgan fingerprint density at radius 3 is 2.74 bits per heavy atom. The van der Waals surface area contributed by atoms with Crippen LogP contribution in [0.5, 0.6) is 5.75 Å². The van der Waals surface area contributed by atoms with Crippen LogP contribution in [0.4, 0.5) is 5.69 Å². The van der Waals surface area contributed by atoms with E-state index in [4.69, 9.17) is 10.5 Å². The van der Waals surface area contributed by atoms with Gasteiger partial charge in [0.05, 0.1) is 10.5 Å². The molecule has 0 saturated heterocycles.